The van der Waals surface area contributed by atoms with Gasteiger partial charge in [0.1, 0.15) is 0 Å². The standard InChI is InChI=1S/C14H10I3NO4S/c1-7-2-4-8(5-3-7)23(21,22)18-13-10(16)6-9(15)11(12(13)17)14(19)20/h2-6,18H,1H3,(H,19,20). The first-order valence-corrected chi connectivity index (χ1v) is 10.9. The van der Waals surface area contributed by atoms with Crippen molar-refractivity contribution < 1.29 is 18.3 Å². The molecule has 0 aliphatic heterocycles. The van der Waals surface area contributed by atoms with Gasteiger partial charge in [0, 0.05) is 7.14 Å². The molecule has 0 aromatic heterocycles. The summed E-state index contributed by atoms with van der Waals surface area (Å²) in [6.07, 6.45) is 0. The molecule has 2 aromatic carbocycles. The number of benzene rings is 2. The fourth-order valence-electron chi connectivity index (χ4n) is 1.79. The summed E-state index contributed by atoms with van der Waals surface area (Å²) >= 11 is 5.77. The molecule has 0 bridgehead atoms. The van der Waals surface area contributed by atoms with Gasteiger partial charge in [0.15, 0.2) is 0 Å². The minimum atomic E-state index is -3.79. The molecule has 23 heavy (non-hydrogen) atoms. The van der Waals surface area contributed by atoms with Crippen molar-refractivity contribution in [2.24, 2.45) is 0 Å². The third-order valence-corrected chi connectivity index (χ3v) is 7.10. The van der Waals surface area contributed by atoms with Gasteiger partial charge in [-0.15, -0.1) is 0 Å². The van der Waals surface area contributed by atoms with Crippen LogP contribution in [0.4, 0.5) is 5.69 Å². The number of sulfonamides is 1. The highest BCUT2D eigenvalue weighted by atomic mass is 127. The van der Waals surface area contributed by atoms with E-state index in [9.17, 15) is 18.3 Å². The van der Waals surface area contributed by atoms with Crippen molar-refractivity contribution in [3.05, 3.63) is 52.2 Å². The summed E-state index contributed by atoms with van der Waals surface area (Å²) in [5, 5.41) is 9.32. The highest BCUT2D eigenvalue weighted by Crippen LogP contribution is 2.33. The summed E-state index contributed by atoms with van der Waals surface area (Å²) < 4.78 is 29.1. The summed E-state index contributed by atoms with van der Waals surface area (Å²) in [4.78, 5) is 11.5. The number of aryl methyl sites for hydroxylation is 1. The lowest BCUT2D eigenvalue weighted by Crippen LogP contribution is -2.17. The molecule has 0 atom stereocenters. The van der Waals surface area contributed by atoms with Gasteiger partial charge in [0.2, 0.25) is 0 Å². The number of hydrogen-bond acceptors (Lipinski definition) is 3. The highest BCUT2D eigenvalue weighted by molar-refractivity contribution is 14.1. The molecule has 0 heterocycles. The molecule has 2 aromatic rings. The molecule has 0 aliphatic carbocycles. The van der Waals surface area contributed by atoms with E-state index in [1.165, 1.54) is 12.1 Å². The van der Waals surface area contributed by atoms with Crippen LogP contribution in [0.15, 0.2) is 35.2 Å². The van der Waals surface area contributed by atoms with Crippen molar-refractivity contribution in [3.8, 4) is 0 Å². The molecule has 0 aliphatic rings. The van der Waals surface area contributed by atoms with Gasteiger partial charge in [-0.25, -0.2) is 13.2 Å². The lowest BCUT2D eigenvalue weighted by molar-refractivity contribution is 0.0694. The van der Waals surface area contributed by atoms with Crippen molar-refractivity contribution in [2.45, 2.75) is 11.8 Å². The second-order valence-corrected chi connectivity index (χ2v) is 9.71. The Hall–Kier alpha value is -0.150. The molecule has 9 heteroatoms. The Bertz CT molecular complexity index is 880. The number of aromatic carboxylic acids is 1. The second-order valence-electron chi connectivity index (χ2n) is 4.63. The Balaban J connectivity index is 2.53. The summed E-state index contributed by atoms with van der Waals surface area (Å²) in [6, 6.07) is 8.09. The zero-order valence-corrected chi connectivity index (χ0v) is 18.9. The molecule has 0 unspecified atom stereocenters. The molecule has 2 N–H and O–H groups in total. The summed E-state index contributed by atoms with van der Waals surface area (Å²) in [5.74, 6) is -1.09. The number of carboxylic acid groups (broad SMARTS) is 1. The Kier molecular flexibility index (Phi) is 6.16. The minimum absolute atomic E-state index is 0.0909. The van der Waals surface area contributed by atoms with Crippen molar-refractivity contribution in [1.29, 1.82) is 0 Å². The number of hydrogen-bond donors (Lipinski definition) is 2. The van der Waals surface area contributed by atoms with E-state index in [0.717, 1.165) is 5.56 Å². The van der Waals surface area contributed by atoms with E-state index in [0.29, 0.717) is 10.7 Å². The predicted molar refractivity (Wildman–Crippen MR) is 114 cm³/mol. The van der Waals surface area contributed by atoms with Gasteiger partial charge in [-0.2, -0.15) is 0 Å². The Morgan fingerprint density at radius 1 is 1.09 bits per heavy atom. The smallest absolute Gasteiger partial charge is 0.337 e. The quantitative estimate of drug-likeness (QED) is 0.476. The summed E-state index contributed by atoms with van der Waals surface area (Å²) in [6.45, 7) is 1.87. The van der Waals surface area contributed by atoms with Crippen LogP contribution in [0.1, 0.15) is 15.9 Å². The third kappa shape index (κ3) is 4.28. The van der Waals surface area contributed by atoms with Gasteiger partial charge >= 0.3 is 5.97 Å². The number of carbonyl (C=O) groups is 1. The fourth-order valence-corrected chi connectivity index (χ4v) is 7.35. The molecule has 0 spiro atoms. The highest BCUT2D eigenvalue weighted by Gasteiger charge is 2.23. The van der Waals surface area contributed by atoms with Crippen LogP contribution in [0.25, 0.3) is 0 Å². The topological polar surface area (TPSA) is 83.5 Å². The number of halogens is 3. The number of rotatable bonds is 4. The summed E-state index contributed by atoms with van der Waals surface area (Å²) in [5.41, 5.74) is 1.33. The first kappa shape index (κ1) is 19.2. The van der Waals surface area contributed by atoms with Crippen LogP contribution in [0.3, 0.4) is 0 Å². The zero-order valence-electron chi connectivity index (χ0n) is 11.6. The van der Waals surface area contributed by atoms with Crippen LogP contribution in [0.2, 0.25) is 0 Å². The zero-order chi connectivity index (χ0) is 17.4. The molecule has 0 radical (unpaired) electrons. The van der Waals surface area contributed by atoms with Gasteiger partial charge in [-0.3, -0.25) is 4.72 Å². The second kappa shape index (κ2) is 7.39. The maximum Gasteiger partial charge on any atom is 0.337 e. The van der Waals surface area contributed by atoms with Gasteiger partial charge in [0.05, 0.1) is 19.7 Å². The van der Waals surface area contributed by atoms with Gasteiger partial charge < -0.3 is 5.11 Å². The van der Waals surface area contributed by atoms with Crippen molar-refractivity contribution in [1.82, 2.24) is 0 Å². The number of nitrogens with one attached hydrogen (secondary N) is 1. The number of anilines is 1. The van der Waals surface area contributed by atoms with E-state index in [2.05, 4.69) is 4.72 Å². The largest absolute Gasteiger partial charge is 0.478 e. The fraction of sp³-hybridized carbons (Fsp3) is 0.0714. The van der Waals surface area contributed by atoms with E-state index < -0.39 is 16.0 Å². The Morgan fingerprint density at radius 3 is 2.17 bits per heavy atom. The molecular formula is C14H10I3NO4S. The summed E-state index contributed by atoms with van der Waals surface area (Å²) in [7, 11) is -3.79. The molecule has 0 saturated carbocycles. The average Bonchev–Trinajstić information content (AvgIpc) is 2.43. The molecule has 0 amide bonds. The van der Waals surface area contributed by atoms with Crippen LogP contribution in [-0.4, -0.2) is 19.5 Å². The van der Waals surface area contributed by atoms with E-state index in [4.69, 9.17) is 0 Å². The normalized spacial score (nSPS) is 11.3. The Morgan fingerprint density at radius 2 is 1.65 bits per heavy atom. The van der Waals surface area contributed by atoms with E-state index >= 15 is 0 Å². The maximum atomic E-state index is 12.5. The van der Waals surface area contributed by atoms with E-state index in [-0.39, 0.29) is 16.1 Å². The van der Waals surface area contributed by atoms with Crippen LogP contribution in [-0.2, 0) is 10.0 Å². The third-order valence-electron chi connectivity index (χ3n) is 2.95. The molecule has 5 nitrogen and oxygen atoms in total. The molecule has 0 saturated heterocycles. The minimum Gasteiger partial charge on any atom is -0.478 e. The number of carboxylic acids is 1. The lowest BCUT2D eigenvalue weighted by Gasteiger charge is -2.14. The SMILES string of the molecule is Cc1ccc(S(=O)(=O)Nc2c(I)cc(I)c(C(=O)O)c2I)cc1. The van der Waals surface area contributed by atoms with Gasteiger partial charge in [0.25, 0.3) is 10.0 Å². The monoisotopic (exact) mass is 669 g/mol. The average molecular weight is 669 g/mol. The molecule has 0 fully saturated rings. The van der Waals surface area contributed by atoms with Crippen LogP contribution in [0.5, 0.6) is 0 Å². The van der Waals surface area contributed by atoms with Crippen LogP contribution < -0.4 is 4.72 Å². The van der Waals surface area contributed by atoms with Crippen molar-refractivity contribution >= 4 is 89.5 Å². The van der Waals surface area contributed by atoms with Crippen molar-refractivity contribution in [2.75, 3.05) is 4.72 Å². The molecule has 2 rings (SSSR count). The maximum absolute atomic E-state index is 12.5. The van der Waals surface area contributed by atoms with E-state index in [1.807, 2.05) is 74.7 Å². The van der Waals surface area contributed by atoms with Gasteiger partial charge in [-0.05, 0) is 92.9 Å². The van der Waals surface area contributed by atoms with Crippen LogP contribution in [0, 0.1) is 17.6 Å². The first-order valence-electron chi connectivity index (χ1n) is 6.13. The predicted octanol–water partition coefficient (Wildman–Crippen LogP) is 4.31. The van der Waals surface area contributed by atoms with E-state index in [1.54, 1.807) is 18.2 Å². The first-order chi connectivity index (χ1) is 10.6. The lowest BCUT2D eigenvalue weighted by atomic mass is 10.2. The molecule has 122 valence electrons. The Labute approximate surface area is 174 Å². The molecular weight excluding hydrogens is 659 g/mol. The van der Waals surface area contributed by atoms with Crippen molar-refractivity contribution in [3.63, 3.8) is 0 Å². The van der Waals surface area contributed by atoms with Gasteiger partial charge in [-0.1, -0.05) is 17.7 Å². The van der Waals surface area contributed by atoms with Crippen LogP contribution >= 0.6 is 67.8 Å².